The molecule has 0 aliphatic heterocycles. The first-order chi connectivity index (χ1) is 8.25. The zero-order valence-corrected chi connectivity index (χ0v) is 11.6. The normalized spacial score (nSPS) is 10.5. The lowest BCUT2D eigenvalue weighted by molar-refractivity contribution is 0.693. The van der Waals surface area contributed by atoms with Crippen LogP contribution in [0.15, 0.2) is 53.0 Å². The largest absolute Gasteiger partial charge is 0.309 e. The van der Waals surface area contributed by atoms with Gasteiger partial charge in [-0.3, -0.25) is 0 Å². The first-order valence-corrected chi connectivity index (χ1v) is 6.61. The third-order valence-corrected chi connectivity index (χ3v) is 3.35. The van der Waals surface area contributed by atoms with Crippen LogP contribution < -0.4 is 5.32 Å². The number of nitrogens with one attached hydrogen (secondary N) is 1. The zero-order valence-electron chi connectivity index (χ0n) is 9.29. The standard InChI is InChI=1S/C14H13BrClN/c15-13-6-3-4-11(8-13)9-17-10-12-5-1-2-7-14(12)16/h1-8,17H,9-10H2. The molecule has 1 N–H and O–H groups in total. The number of hydrogen-bond donors (Lipinski definition) is 1. The van der Waals surface area contributed by atoms with Gasteiger partial charge in [-0.1, -0.05) is 57.9 Å². The fourth-order valence-corrected chi connectivity index (χ4v) is 2.28. The highest BCUT2D eigenvalue weighted by atomic mass is 79.9. The summed E-state index contributed by atoms with van der Waals surface area (Å²) >= 11 is 9.55. The van der Waals surface area contributed by atoms with E-state index in [0.29, 0.717) is 0 Å². The summed E-state index contributed by atoms with van der Waals surface area (Å²) in [5, 5.41) is 4.19. The Bertz CT molecular complexity index is 499. The molecule has 0 saturated heterocycles. The summed E-state index contributed by atoms with van der Waals surface area (Å²) in [5.41, 5.74) is 2.38. The molecule has 0 heterocycles. The minimum atomic E-state index is 0.784. The van der Waals surface area contributed by atoms with Gasteiger partial charge in [0, 0.05) is 22.6 Å². The van der Waals surface area contributed by atoms with Crippen LogP contribution in [-0.2, 0) is 13.1 Å². The maximum atomic E-state index is 6.08. The Labute approximate surface area is 115 Å². The molecule has 2 rings (SSSR count). The van der Waals surface area contributed by atoms with Crippen LogP contribution in [0.3, 0.4) is 0 Å². The molecule has 17 heavy (non-hydrogen) atoms. The molecule has 0 atom stereocenters. The molecule has 0 fully saturated rings. The van der Waals surface area contributed by atoms with E-state index in [2.05, 4.69) is 33.4 Å². The second-order valence-corrected chi connectivity index (χ2v) is 5.15. The van der Waals surface area contributed by atoms with Crippen molar-refractivity contribution < 1.29 is 0 Å². The number of rotatable bonds is 4. The van der Waals surface area contributed by atoms with Gasteiger partial charge in [-0.2, -0.15) is 0 Å². The Morgan fingerprint density at radius 2 is 1.82 bits per heavy atom. The Morgan fingerprint density at radius 3 is 2.59 bits per heavy atom. The Morgan fingerprint density at radius 1 is 1.00 bits per heavy atom. The van der Waals surface area contributed by atoms with Gasteiger partial charge in [0.15, 0.2) is 0 Å². The first-order valence-electron chi connectivity index (χ1n) is 5.44. The number of halogens is 2. The molecule has 2 aromatic carbocycles. The van der Waals surface area contributed by atoms with E-state index in [0.717, 1.165) is 28.1 Å². The van der Waals surface area contributed by atoms with Crippen molar-refractivity contribution in [2.75, 3.05) is 0 Å². The van der Waals surface area contributed by atoms with Crippen LogP contribution in [0.25, 0.3) is 0 Å². The number of hydrogen-bond acceptors (Lipinski definition) is 1. The highest BCUT2D eigenvalue weighted by molar-refractivity contribution is 9.10. The molecular weight excluding hydrogens is 298 g/mol. The van der Waals surface area contributed by atoms with E-state index < -0.39 is 0 Å². The lowest BCUT2D eigenvalue weighted by Gasteiger charge is -2.07. The van der Waals surface area contributed by atoms with Gasteiger partial charge in [0.2, 0.25) is 0 Å². The van der Waals surface area contributed by atoms with Crippen LogP contribution in [0.2, 0.25) is 5.02 Å². The van der Waals surface area contributed by atoms with E-state index in [4.69, 9.17) is 11.6 Å². The molecule has 0 aliphatic rings. The van der Waals surface area contributed by atoms with Gasteiger partial charge in [0.05, 0.1) is 0 Å². The van der Waals surface area contributed by atoms with Crippen LogP contribution in [0.4, 0.5) is 0 Å². The van der Waals surface area contributed by atoms with E-state index in [-0.39, 0.29) is 0 Å². The van der Waals surface area contributed by atoms with Crippen LogP contribution in [0, 0.1) is 0 Å². The fraction of sp³-hybridized carbons (Fsp3) is 0.143. The summed E-state index contributed by atoms with van der Waals surface area (Å²) in [5.74, 6) is 0. The summed E-state index contributed by atoms with van der Waals surface area (Å²) in [6.45, 7) is 1.62. The highest BCUT2D eigenvalue weighted by Gasteiger charge is 1.98. The van der Waals surface area contributed by atoms with E-state index in [1.807, 2.05) is 36.4 Å². The molecule has 0 aromatic heterocycles. The summed E-state index contributed by atoms with van der Waals surface area (Å²) in [7, 11) is 0. The predicted molar refractivity (Wildman–Crippen MR) is 76.1 cm³/mol. The van der Waals surface area contributed by atoms with Gasteiger partial charge >= 0.3 is 0 Å². The summed E-state index contributed by atoms with van der Waals surface area (Å²) < 4.78 is 1.11. The van der Waals surface area contributed by atoms with Gasteiger partial charge in [0.25, 0.3) is 0 Å². The topological polar surface area (TPSA) is 12.0 Å². The van der Waals surface area contributed by atoms with Crippen molar-refractivity contribution in [2.24, 2.45) is 0 Å². The lowest BCUT2D eigenvalue weighted by Crippen LogP contribution is -2.12. The third-order valence-electron chi connectivity index (χ3n) is 2.49. The Balaban J connectivity index is 1.90. The highest BCUT2D eigenvalue weighted by Crippen LogP contribution is 2.15. The predicted octanol–water partition coefficient (Wildman–Crippen LogP) is 4.39. The van der Waals surface area contributed by atoms with Crippen molar-refractivity contribution in [3.8, 4) is 0 Å². The molecular formula is C14H13BrClN. The maximum absolute atomic E-state index is 6.08. The molecule has 0 spiro atoms. The molecule has 88 valence electrons. The zero-order chi connectivity index (χ0) is 12.1. The van der Waals surface area contributed by atoms with Gasteiger partial charge in [-0.25, -0.2) is 0 Å². The average molecular weight is 311 g/mol. The molecule has 0 unspecified atom stereocenters. The van der Waals surface area contributed by atoms with Crippen LogP contribution in [0.5, 0.6) is 0 Å². The van der Waals surface area contributed by atoms with Crippen molar-refractivity contribution in [1.82, 2.24) is 5.32 Å². The maximum Gasteiger partial charge on any atom is 0.0450 e. The van der Waals surface area contributed by atoms with Crippen LogP contribution in [0.1, 0.15) is 11.1 Å². The first kappa shape index (κ1) is 12.6. The van der Waals surface area contributed by atoms with Crippen molar-refractivity contribution in [3.05, 3.63) is 69.2 Å². The Hall–Kier alpha value is -0.830. The van der Waals surface area contributed by atoms with Crippen LogP contribution in [-0.4, -0.2) is 0 Å². The van der Waals surface area contributed by atoms with Gasteiger partial charge < -0.3 is 5.32 Å². The monoisotopic (exact) mass is 309 g/mol. The van der Waals surface area contributed by atoms with Crippen molar-refractivity contribution in [1.29, 1.82) is 0 Å². The van der Waals surface area contributed by atoms with E-state index >= 15 is 0 Å². The number of benzene rings is 2. The molecule has 0 amide bonds. The van der Waals surface area contributed by atoms with Crippen molar-refractivity contribution in [2.45, 2.75) is 13.1 Å². The van der Waals surface area contributed by atoms with E-state index in [1.54, 1.807) is 0 Å². The summed E-state index contributed by atoms with van der Waals surface area (Å²) in [6.07, 6.45) is 0. The van der Waals surface area contributed by atoms with Crippen molar-refractivity contribution in [3.63, 3.8) is 0 Å². The van der Waals surface area contributed by atoms with Gasteiger partial charge in [0.1, 0.15) is 0 Å². The summed E-state index contributed by atoms with van der Waals surface area (Å²) in [4.78, 5) is 0. The third kappa shape index (κ3) is 3.84. The minimum absolute atomic E-state index is 0.784. The fourth-order valence-electron chi connectivity index (χ4n) is 1.63. The average Bonchev–Trinajstić information content (AvgIpc) is 2.32. The van der Waals surface area contributed by atoms with E-state index in [9.17, 15) is 0 Å². The quantitative estimate of drug-likeness (QED) is 0.883. The second-order valence-electron chi connectivity index (χ2n) is 3.82. The second kappa shape index (κ2) is 6.20. The molecule has 0 bridgehead atoms. The smallest absolute Gasteiger partial charge is 0.0450 e. The SMILES string of the molecule is Clc1ccccc1CNCc1cccc(Br)c1. The van der Waals surface area contributed by atoms with E-state index in [1.165, 1.54) is 5.56 Å². The van der Waals surface area contributed by atoms with Gasteiger partial charge in [-0.05, 0) is 29.3 Å². The molecule has 0 radical (unpaired) electrons. The lowest BCUT2D eigenvalue weighted by atomic mass is 10.2. The van der Waals surface area contributed by atoms with Gasteiger partial charge in [-0.15, -0.1) is 0 Å². The molecule has 3 heteroatoms. The van der Waals surface area contributed by atoms with Crippen molar-refractivity contribution >= 4 is 27.5 Å². The molecule has 0 saturated carbocycles. The molecule has 0 aliphatic carbocycles. The Kier molecular flexibility index (Phi) is 4.60. The molecule has 1 nitrogen and oxygen atoms in total. The van der Waals surface area contributed by atoms with Crippen LogP contribution >= 0.6 is 27.5 Å². The minimum Gasteiger partial charge on any atom is -0.309 e. The summed E-state index contributed by atoms with van der Waals surface area (Å²) in [6, 6.07) is 16.2. The molecule has 2 aromatic rings.